The molecule has 0 fully saturated rings. The van der Waals surface area contributed by atoms with Crippen LogP contribution in [-0.4, -0.2) is 40.7 Å². The number of unbranched alkanes of at least 4 members (excludes halogenated alkanes) is 16. The topological polar surface area (TPSA) is 127 Å². The summed E-state index contributed by atoms with van der Waals surface area (Å²) in [6, 6.07) is 0. The summed E-state index contributed by atoms with van der Waals surface area (Å²) in [4.78, 5) is 13.3. The van der Waals surface area contributed by atoms with Crippen LogP contribution in [0.1, 0.15) is 156 Å². The maximum absolute atomic E-state index is 13.3. The Morgan fingerprint density at radius 1 is 0.615 bits per heavy atom. The number of hydrogen-bond donors (Lipinski definition) is 2. The summed E-state index contributed by atoms with van der Waals surface area (Å²) in [6.45, 7) is 8.84. The Balaban J connectivity index is 3.80. The van der Waals surface area contributed by atoms with Gasteiger partial charge >= 0.3 is 21.8 Å². The number of carbonyl (C=O) groups excluding carboxylic acids is 1. The molecule has 2 N–H and O–H groups in total. The van der Waals surface area contributed by atoms with Crippen molar-refractivity contribution < 1.29 is 34.9 Å². The molecule has 0 aliphatic carbocycles. The van der Waals surface area contributed by atoms with E-state index in [-0.39, 0.29) is 17.4 Å². The largest absolute Gasteiger partial charge is 0.397 e. The lowest BCUT2D eigenvalue weighted by molar-refractivity contribution is -0.136. The van der Waals surface area contributed by atoms with E-state index in [9.17, 15) is 17.4 Å². The molecule has 0 aromatic heterocycles. The van der Waals surface area contributed by atoms with Crippen molar-refractivity contribution in [1.29, 1.82) is 0 Å². The highest BCUT2D eigenvalue weighted by atomic mass is 32.3. The fraction of sp³-hybridized carbons (Fsp3) is 0.966. The SMILES string of the molecule is CC(C)(CCCCCCCCCCCOS(=O)O)C(=O)C(C)(C)CCCCCCCCCCCOS(=O)(=O)O. The molecule has 1 atom stereocenters. The Morgan fingerprint density at radius 3 is 1.26 bits per heavy atom. The van der Waals surface area contributed by atoms with E-state index in [1.807, 2.05) is 0 Å². The fourth-order valence-electron chi connectivity index (χ4n) is 5.25. The van der Waals surface area contributed by atoms with Crippen LogP contribution in [0.25, 0.3) is 0 Å². The molecule has 0 radical (unpaired) electrons. The van der Waals surface area contributed by atoms with Gasteiger partial charge in [0.05, 0.1) is 13.2 Å². The summed E-state index contributed by atoms with van der Waals surface area (Å²) in [5.74, 6) is 0.391. The number of ketones is 1. The molecule has 0 saturated carbocycles. The molecule has 0 aliphatic rings. The van der Waals surface area contributed by atoms with Gasteiger partial charge in [-0.05, 0) is 25.7 Å². The zero-order valence-corrected chi connectivity index (χ0v) is 26.8. The molecule has 0 heterocycles. The van der Waals surface area contributed by atoms with Crippen molar-refractivity contribution >= 4 is 27.5 Å². The predicted molar refractivity (Wildman–Crippen MR) is 159 cm³/mol. The molecule has 39 heavy (non-hydrogen) atoms. The van der Waals surface area contributed by atoms with E-state index < -0.39 is 21.8 Å². The van der Waals surface area contributed by atoms with E-state index >= 15 is 0 Å². The van der Waals surface area contributed by atoms with Gasteiger partial charge in [-0.3, -0.25) is 18.1 Å². The maximum atomic E-state index is 13.3. The van der Waals surface area contributed by atoms with Gasteiger partial charge in [0.25, 0.3) is 0 Å². The molecule has 0 rings (SSSR count). The van der Waals surface area contributed by atoms with Gasteiger partial charge in [0.2, 0.25) is 0 Å². The summed E-state index contributed by atoms with van der Waals surface area (Å²) in [7, 11) is -4.31. The second kappa shape index (κ2) is 22.2. The van der Waals surface area contributed by atoms with E-state index in [1.165, 1.54) is 51.4 Å². The molecule has 234 valence electrons. The Hall–Kier alpha value is -0.390. The van der Waals surface area contributed by atoms with Crippen LogP contribution in [0.3, 0.4) is 0 Å². The van der Waals surface area contributed by atoms with Crippen molar-refractivity contribution in [3.8, 4) is 0 Å². The van der Waals surface area contributed by atoms with Gasteiger partial charge in [-0.25, -0.2) is 4.18 Å². The van der Waals surface area contributed by atoms with Gasteiger partial charge in [-0.15, -0.1) is 0 Å². The molecule has 8 nitrogen and oxygen atoms in total. The van der Waals surface area contributed by atoms with Gasteiger partial charge in [-0.2, -0.15) is 12.6 Å². The zero-order chi connectivity index (χ0) is 29.6. The highest BCUT2D eigenvalue weighted by Gasteiger charge is 2.37. The summed E-state index contributed by atoms with van der Waals surface area (Å²) >= 11 is -2.14. The van der Waals surface area contributed by atoms with E-state index in [0.717, 1.165) is 70.6 Å². The lowest BCUT2D eigenvalue weighted by Crippen LogP contribution is -2.37. The Morgan fingerprint density at radius 2 is 0.923 bits per heavy atom. The number of rotatable bonds is 28. The molecule has 0 spiro atoms. The van der Waals surface area contributed by atoms with Gasteiger partial charge in [-0.1, -0.05) is 130 Å². The van der Waals surface area contributed by atoms with Crippen LogP contribution >= 0.6 is 0 Å². The highest BCUT2D eigenvalue weighted by Crippen LogP contribution is 2.37. The Bertz CT molecular complexity index is 750. The summed E-state index contributed by atoms with van der Waals surface area (Å²) < 4.78 is 57.3. The Labute approximate surface area is 242 Å². The minimum atomic E-state index is -4.31. The molecule has 0 aromatic carbocycles. The number of Topliss-reactive ketones (excluding diaryl/α,β-unsaturated/α-hetero) is 1. The first-order chi connectivity index (χ1) is 18.3. The summed E-state index contributed by atoms with van der Waals surface area (Å²) in [5.41, 5.74) is -0.568. The lowest BCUT2D eigenvalue weighted by atomic mass is 9.69. The molecule has 0 aliphatic heterocycles. The van der Waals surface area contributed by atoms with E-state index in [1.54, 1.807) is 0 Å². The van der Waals surface area contributed by atoms with Gasteiger partial charge in [0, 0.05) is 10.8 Å². The molecule has 10 heteroatoms. The normalized spacial score (nSPS) is 13.6. The van der Waals surface area contributed by atoms with Crippen molar-refractivity contribution in [3.05, 3.63) is 0 Å². The van der Waals surface area contributed by atoms with E-state index in [2.05, 4.69) is 36.1 Å². The minimum Gasteiger partial charge on any atom is -0.299 e. The van der Waals surface area contributed by atoms with Gasteiger partial charge < -0.3 is 0 Å². The molecular formula is C29H58O8S2. The van der Waals surface area contributed by atoms with Crippen molar-refractivity contribution in [3.63, 3.8) is 0 Å². The monoisotopic (exact) mass is 598 g/mol. The highest BCUT2D eigenvalue weighted by molar-refractivity contribution is 7.80. The summed E-state index contributed by atoms with van der Waals surface area (Å²) in [6.07, 6.45) is 21.5. The zero-order valence-electron chi connectivity index (χ0n) is 25.2. The van der Waals surface area contributed by atoms with Crippen molar-refractivity contribution in [2.45, 2.75) is 156 Å². The van der Waals surface area contributed by atoms with Crippen LogP contribution in [0.15, 0.2) is 0 Å². The van der Waals surface area contributed by atoms with Crippen LogP contribution in [0, 0.1) is 10.8 Å². The van der Waals surface area contributed by atoms with Crippen LogP contribution in [0.2, 0.25) is 0 Å². The first-order valence-electron chi connectivity index (χ1n) is 15.2. The standard InChI is InChI=1S/C29H58O8S2/c1-28(2,23-19-15-11-7-5-9-13-17-21-25-36-38(31)32)27(30)29(3,4)24-20-16-12-8-6-10-14-18-22-26-37-39(33,34)35/h5-26H2,1-4H3,(H,31,32)(H,33,34,35). The predicted octanol–water partition coefficient (Wildman–Crippen LogP) is 8.38. The van der Waals surface area contributed by atoms with E-state index in [0.29, 0.717) is 18.8 Å². The molecule has 0 saturated heterocycles. The smallest absolute Gasteiger partial charge is 0.299 e. The molecular weight excluding hydrogens is 540 g/mol. The minimum absolute atomic E-state index is 0.0443. The molecule has 0 amide bonds. The third-order valence-electron chi connectivity index (χ3n) is 7.54. The quantitative estimate of drug-likeness (QED) is 0.0522. The third-order valence-corrected chi connectivity index (χ3v) is 8.37. The third kappa shape index (κ3) is 24.0. The van der Waals surface area contributed by atoms with Crippen LogP contribution in [-0.2, 0) is 34.9 Å². The van der Waals surface area contributed by atoms with Crippen molar-refractivity contribution in [2.75, 3.05) is 13.2 Å². The van der Waals surface area contributed by atoms with Crippen LogP contribution in [0.5, 0.6) is 0 Å². The van der Waals surface area contributed by atoms with Gasteiger partial charge in [0.15, 0.2) is 0 Å². The second-order valence-corrected chi connectivity index (χ2v) is 14.0. The number of hydrogen-bond acceptors (Lipinski definition) is 6. The van der Waals surface area contributed by atoms with Crippen molar-refractivity contribution in [1.82, 2.24) is 0 Å². The molecule has 0 aromatic rings. The van der Waals surface area contributed by atoms with Gasteiger partial charge in [0.1, 0.15) is 5.78 Å². The van der Waals surface area contributed by atoms with E-state index in [4.69, 9.17) is 9.11 Å². The maximum Gasteiger partial charge on any atom is 0.397 e. The van der Waals surface area contributed by atoms with Crippen molar-refractivity contribution in [2.24, 2.45) is 10.8 Å². The summed E-state index contributed by atoms with van der Waals surface area (Å²) in [5, 5.41) is 0. The molecule has 0 bridgehead atoms. The average Bonchev–Trinajstić information content (AvgIpc) is 2.84. The van der Waals surface area contributed by atoms with Crippen LogP contribution < -0.4 is 0 Å². The van der Waals surface area contributed by atoms with Crippen LogP contribution in [0.4, 0.5) is 0 Å². The Kier molecular flexibility index (Phi) is 22.0. The fourth-order valence-corrected chi connectivity index (χ4v) is 5.84. The average molecular weight is 599 g/mol. The first-order valence-corrected chi connectivity index (χ1v) is 17.6. The number of carbonyl (C=O) groups is 1. The lowest BCUT2D eigenvalue weighted by Gasteiger charge is -2.33. The first kappa shape index (κ1) is 38.6. The molecule has 1 unspecified atom stereocenters. The second-order valence-electron chi connectivity index (χ2n) is 12.2.